The highest BCUT2D eigenvalue weighted by atomic mass is 32.2. The fraction of sp³-hybridized carbons (Fsp3) is 0.125. The van der Waals surface area contributed by atoms with Crippen LogP contribution in [0.15, 0.2) is 88.6 Å². The molecule has 1 N–H and O–H groups in total. The van der Waals surface area contributed by atoms with Gasteiger partial charge in [0, 0.05) is 5.69 Å². The first-order chi connectivity index (χ1) is 15.9. The van der Waals surface area contributed by atoms with E-state index < -0.39 is 11.9 Å². The van der Waals surface area contributed by atoms with Crippen LogP contribution in [0.3, 0.4) is 0 Å². The van der Waals surface area contributed by atoms with E-state index >= 15 is 0 Å². The maximum Gasteiger partial charge on any atom is 0.433 e. The van der Waals surface area contributed by atoms with Crippen molar-refractivity contribution in [3.63, 3.8) is 0 Å². The highest BCUT2D eigenvalue weighted by molar-refractivity contribution is 7.99. The molecule has 0 aliphatic rings. The number of hydrogen-bond acceptors (Lipinski definition) is 5. The van der Waals surface area contributed by atoms with E-state index in [1.54, 1.807) is 12.1 Å². The standard InChI is InChI=1S/C24H18F3N3O2S/c25-24(26,27)21-14-19(20-11-6-12-32-20)29-23(30-21)33-15-22(31)28-18-10-5-4-9-17(18)13-16-7-2-1-3-8-16/h1-12,14H,13,15H2,(H,28,31). The zero-order chi connectivity index (χ0) is 23.3. The number of halogens is 3. The van der Waals surface area contributed by atoms with Gasteiger partial charge in [-0.15, -0.1) is 0 Å². The number of para-hydroxylation sites is 1. The fourth-order valence-corrected chi connectivity index (χ4v) is 3.77. The molecule has 1 amide bonds. The molecular weight excluding hydrogens is 451 g/mol. The van der Waals surface area contributed by atoms with E-state index in [0.29, 0.717) is 12.1 Å². The van der Waals surface area contributed by atoms with Crippen molar-refractivity contribution in [1.29, 1.82) is 0 Å². The zero-order valence-electron chi connectivity index (χ0n) is 17.2. The molecule has 4 aromatic rings. The maximum atomic E-state index is 13.3. The number of anilines is 1. The molecule has 0 atom stereocenters. The summed E-state index contributed by atoms with van der Waals surface area (Å²) in [5, 5.41) is 2.67. The Morgan fingerprint density at radius 2 is 1.73 bits per heavy atom. The zero-order valence-corrected chi connectivity index (χ0v) is 18.0. The van der Waals surface area contributed by atoms with Crippen molar-refractivity contribution in [1.82, 2.24) is 9.97 Å². The third-order valence-electron chi connectivity index (χ3n) is 4.63. The van der Waals surface area contributed by atoms with E-state index in [0.717, 1.165) is 29.0 Å². The molecule has 2 heterocycles. The smallest absolute Gasteiger partial charge is 0.433 e. The fourth-order valence-electron chi connectivity index (χ4n) is 3.11. The second-order valence-electron chi connectivity index (χ2n) is 7.05. The summed E-state index contributed by atoms with van der Waals surface area (Å²) in [5.74, 6) is -0.344. The summed E-state index contributed by atoms with van der Waals surface area (Å²) in [5.41, 5.74) is 1.57. The first kappa shape index (κ1) is 22.6. The van der Waals surface area contributed by atoms with Gasteiger partial charge < -0.3 is 9.73 Å². The molecule has 168 valence electrons. The van der Waals surface area contributed by atoms with Crippen LogP contribution in [0.4, 0.5) is 18.9 Å². The lowest BCUT2D eigenvalue weighted by Gasteiger charge is -2.12. The molecule has 0 spiro atoms. The Bertz CT molecular complexity index is 1230. The molecule has 2 aromatic heterocycles. The van der Waals surface area contributed by atoms with Crippen molar-refractivity contribution in [3.8, 4) is 11.5 Å². The number of amides is 1. The number of furan rings is 1. The highest BCUT2D eigenvalue weighted by Crippen LogP contribution is 2.32. The molecule has 0 aliphatic carbocycles. The van der Waals surface area contributed by atoms with Crippen molar-refractivity contribution >= 4 is 23.4 Å². The van der Waals surface area contributed by atoms with Gasteiger partial charge in [0.2, 0.25) is 5.91 Å². The van der Waals surface area contributed by atoms with Crippen LogP contribution < -0.4 is 5.32 Å². The summed E-state index contributed by atoms with van der Waals surface area (Å²) in [6.07, 6.45) is -2.68. The Kier molecular flexibility index (Phi) is 6.79. The van der Waals surface area contributed by atoms with Gasteiger partial charge in [-0.2, -0.15) is 13.2 Å². The predicted molar refractivity (Wildman–Crippen MR) is 120 cm³/mol. The predicted octanol–water partition coefficient (Wildman–Crippen LogP) is 6.08. The van der Waals surface area contributed by atoms with E-state index in [2.05, 4.69) is 15.3 Å². The van der Waals surface area contributed by atoms with Crippen molar-refractivity contribution in [2.45, 2.75) is 17.8 Å². The molecule has 4 rings (SSSR count). The van der Waals surface area contributed by atoms with Crippen molar-refractivity contribution in [3.05, 3.63) is 95.9 Å². The van der Waals surface area contributed by atoms with Crippen LogP contribution in [0.1, 0.15) is 16.8 Å². The van der Waals surface area contributed by atoms with Gasteiger partial charge in [-0.05, 0) is 41.8 Å². The van der Waals surface area contributed by atoms with Crippen LogP contribution in [0.2, 0.25) is 0 Å². The van der Waals surface area contributed by atoms with Crippen LogP contribution >= 0.6 is 11.8 Å². The van der Waals surface area contributed by atoms with Crippen LogP contribution in [-0.4, -0.2) is 21.6 Å². The summed E-state index contributed by atoms with van der Waals surface area (Å²) in [4.78, 5) is 20.2. The number of rotatable bonds is 7. The van der Waals surface area contributed by atoms with Crippen molar-refractivity contribution in [2.75, 3.05) is 11.1 Å². The average Bonchev–Trinajstić information content (AvgIpc) is 3.34. The van der Waals surface area contributed by atoms with Gasteiger partial charge in [0.15, 0.2) is 10.9 Å². The summed E-state index contributed by atoms with van der Waals surface area (Å²) < 4.78 is 45.0. The number of benzene rings is 2. The maximum absolute atomic E-state index is 13.3. The first-order valence-electron chi connectivity index (χ1n) is 9.93. The molecule has 0 radical (unpaired) electrons. The van der Waals surface area contributed by atoms with Gasteiger partial charge in [0.25, 0.3) is 0 Å². The molecule has 0 saturated carbocycles. The SMILES string of the molecule is O=C(CSc1nc(-c2ccco2)cc(C(F)(F)F)n1)Nc1ccccc1Cc1ccccc1. The lowest BCUT2D eigenvalue weighted by Crippen LogP contribution is -2.16. The first-order valence-corrected chi connectivity index (χ1v) is 10.9. The number of thioether (sulfide) groups is 1. The lowest BCUT2D eigenvalue weighted by atomic mass is 10.0. The van der Waals surface area contributed by atoms with Gasteiger partial charge >= 0.3 is 6.18 Å². The van der Waals surface area contributed by atoms with Gasteiger partial charge in [-0.3, -0.25) is 4.79 Å². The number of carbonyl (C=O) groups is 1. The monoisotopic (exact) mass is 469 g/mol. The Morgan fingerprint density at radius 1 is 0.970 bits per heavy atom. The van der Waals surface area contributed by atoms with Gasteiger partial charge in [-0.25, -0.2) is 9.97 Å². The van der Waals surface area contributed by atoms with E-state index in [4.69, 9.17) is 4.42 Å². The molecule has 0 saturated heterocycles. The molecule has 2 aromatic carbocycles. The van der Waals surface area contributed by atoms with E-state index in [1.165, 1.54) is 12.3 Å². The minimum Gasteiger partial charge on any atom is -0.463 e. The topological polar surface area (TPSA) is 68.0 Å². The number of nitrogens with one attached hydrogen (secondary N) is 1. The summed E-state index contributed by atoms with van der Waals surface area (Å²) in [7, 11) is 0. The Morgan fingerprint density at radius 3 is 2.45 bits per heavy atom. The third kappa shape index (κ3) is 6.01. The number of hydrogen-bond donors (Lipinski definition) is 1. The number of carbonyl (C=O) groups excluding carboxylic acids is 1. The summed E-state index contributed by atoms with van der Waals surface area (Å²) >= 11 is 0.823. The average molecular weight is 469 g/mol. The van der Waals surface area contributed by atoms with Gasteiger partial charge in [0.05, 0.1) is 12.0 Å². The van der Waals surface area contributed by atoms with Gasteiger partial charge in [-0.1, -0.05) is 60.3 Å². The molecule has 33 heavy (non-hydrogen) atoms. The van der Waals surface area contributed by atoms with E-state index in [-0.39, 0.29) is 28.3 Å². The third-order valence-corrected chi connectivity index (χ3v) is 5.48. The van der Waals surface area contributed by atoms with Crippen molar-refractivity contribution in [2.24, 2.45) is 0 Å². The van der Waals surface area contributed by atoms with Crippen LogP contribution in [0.5, 0.6) is 0 Å². The summed E-state index contributed by atoms with van der Waals surface area (Å²) in [6.45, 7) is 0. The molecule has 9 heteroatoms. The second-order valence-corrected chi connectivity index (χ2v) is 7.99. The minimum absolute atomic E-state index is 0.00144. The molecule has 0 unspecified atom stereocenters. The lowest BCUT2D eigenvalue weighted by molar-refractivity contribution is -0.141. The minimum atomic E-state index is -4.65. The molecular formula is C24H18F3N3O2S. The number of nitrogens with zero attached hydrogens (tertiary/aromatic N) is 2. The molecule has 0 aliphatic heterocycles. The molecule has 0 bridgehead atoms. The Labute approximate surface area is 192 Å². The largest absolute Gasteiger partial charge is 0.463 e. The van der Waals surface area contributed by atoms with E-state index in [1.807, 2.05) is 48.5 Å². The normalized spacial score (nSPS) is 11.4. The Balaban J connectivity index is 1.47. The Hall–Kier alpha value is -3.59. The molecule has 0 fully saturated rings. The van der Waals surface area contributed by atoms with Crippen LogP contribution in [0.25, 0.3) is 11.5 Å². The highest BCUT2D eigenvalue weighted by Gasteiger charge is 2.34. The number of aromatic nitrogens is 2. The van der Waals surface area contributed by atoms with Gasteiger partial charge in [0.1, 0.15) is 11.4 Å². The second kappa shape index (κ2) is 9.91. The molecule has 5 nitrogen and oxygen atoms in total. The van der Waals surface area contributed by atoms with E-state index in [9.17, 15) is 18.0 Å². The van der Waals surface area contributed by atoms with Crippen LogP contribution in [0, 0.1) is 0 Å². The summed E-state index contributed by atoms with van der Waals surface area (Å²) in [6, 6.07) is 21.1. The van der Waals surface area contributed by atoms with Crippen molar-refractivity contribution < 1.29 is 22.4 Å². The quantitative estimate of drug-likeness (QED) is 0.263. The number of alkyl halides is 3. The van der Waals surface area contributed by atoms with Crippen LogP contribution in [-0.2, 0) is 17.4 Å².